The van der Waals surface area contributed by atoms with Gasteiger partial charge in [0.2, 0.25) is 11.8 Å². The highest BCUT2D eigenvalue weighted by atomic mass is 35.5. The summed E-state index contributed by atoms with van der Waals surface area (Å²) in [5, 5.41) is -0.0754. The van der Waals surface area contributed by atoms with Gasteiger partial charge in [0.05, 0.1) is 10.8 Å². The van der Waals surface area contributed by atoms with Crippen LogP contribution in [0.5, 0.6) is 0 Å². The molecule has 3 saturated heterocycles. The third kappa shape index (κ3) is 7.22. The summed E-state index contributed by atoms with van der Waals surface area (Å²) >= 11 is 8.57. The first-order chi connectivity index (χ1) is 22.4. The molecule has 2 amide bonds. The molecule has 6 rings (SSSR count). The van der Waals surface area contributed by atoms with Gasteiger partial charge in [-0.3, -0.25) is 24.0 Å². The van der Waals surface area contributed by atoms with E-state index in [4.69, 9.17) is 11.6 Å². The highest BCUT2D eigenvalue weighted by Crippen LogP contribution is 2.50. The first-order valence-corrected chi connectivity index (χ1v) is 18.3. The molecule has 5 heterocycles. The number of hydrogen-bond donors (Lipinski definition) is 1. The number of aromatic amines is 1. The lowest BCUT2D eigenvalue weighted by molar-refractivity contribution is -0.136. The molecule has 0 spiro atoms. The molecule has 12 heteroatoms. The van der Waals surface area contributed by atoms with Gasteiger partial charge in [0.25, 0.3) is 0 Å². The van der Waals surface area contributed by atoms with Crippen molar-refractivity contribution in [1.29, 1.82) is 0 Å². The SMILES string of the molecule is CC(C)N1CCN(c2cccc(Cl)c2C2S[C@@H](CC(=O)N3CCC(n4c(=O)[nH]c5ncccc54)CC3)C(=O)N2CCC(C)(C)C)CC1.[HH].[HH]. The molecule has 47 heavy (non-hydrogen) atoms. The number of anilines is 1. The first-order valence-electron chi connectivity index (χ1n) is 17.0. The summed E-state index contributed by atoms with van der Waals surface area (Å²) in [7, 11) is 0. The molecule has 0 bridgehead atoms. The zero-order valence-electron chi connectivity index (χ0n) is 28.2. The minimum absolute atomic E-state index is 0. The van der Waals surface area contributed by atoms with Crippen LogP contribution in [0.3, 0.4) is 0 Å². The summed E-state index contributed by atoms with van der Waals surface area (Å²) in [6.45, 7) is 16.5. The van der Waals surface area contributed by atoms with Crippen molar-refractivity contribution in [2.24, 2.45) is 5.41 Å². The lowest BCUT2D eigenvalue weighted by Gasteiger charge is -2.40. The fraction of sp³-hybridized carbons (Fsp3) is 0.600. The maximum atomic E-state index is 14.1. The number of benzene rings is 1. The van der Waals surface area contributed by atoms with E-state index in [1.807, 2.05) is 34.1 Å². The second-order valence-electron chi connectivity index (χ2n) is 14.6. The minimum atomic E-state index is -0.477. The molecule has 0 radical (unpaired) electrons. The average Bonchev–Trinajstić information content (AvgIpc) is 3.54. The topological polar surface area (TPSA) is 97.8 Å². The number of H-pyrrole nitrogens is 1. The second-order valence-corrected chi connectivity index (χ2v) is 16.3. The zero-order chi connectivity index (χ0) is 33.5. The lowest BCUT2D eigenvalue weighted by Crippen LogP contribution is -2.49. The van der Waals surface area contributed by atoms with Gasteiger partial charge in [-0.2, -0.15) is 0 Å². The Labute approximate surface area is 289 Å². The predicted octanol–water partition coefficient (Wildman–Crippen LogP) is 6.03. The molecular weight excluding hydrogens is 634 g/mol. The van der Waals surface area contributed by atoms with E-state index >= 15 is 0 Å². The van der Waals surface area contributed by atoms with Crippen LogP contribution in [0.1, 0.15) is 80.1 Å². The van der Waals surface area contributed by atoms with Crippen LogP contribution in [-0.4, -0.2) is 98.2 Å². The van der Waals surface area contributed by atoms with Crippen molar-refractivity contribution in [3.63, 3.8) is 0 Å². The predicted molar refractivity (Wildman–Crippen MR) is 194 cm³/mol. The van der Waals surface area contributed by atoms with Crippen molar-refractivity contribution in [3.8, 4) is 0 Å². The minimum Gasteiger partial charge on any atom is -0.369 e. The summed E-state index contributed by atoms with van der Waals surface area (Å²) in [6, 6.07) is 10.3. The van der Waals surface area contributed by atoms with Crippen LogP contribution in [0.4, 0.5) is 5.69 Å². The quantitative estimate of drug-likeness (QED) is 0.309. The normalized spacial score (nSPS) is 21.9. The molecule has 3 aliphatic rings. The molecule has 0 aliphatic carbocycles. The van der Waals surface area contributed by atoms with Crippen molar-refractivity contribution in [1.82, 2.24) is 29.2 Å². The number of likely N-dealkylation sites (tertiary alicyclic amines) is 1. The van der Waals surface area contributed by atoms with Crippen LogP contribution in [0.2, 0.25) is 5.02 Å². The van der Waals surface area contributed by atoms with Gasteiger partial charge in [-0.15, -0.1) is 11.8 Å². The highest BCUT2D eigenvalue weighted by molar-refractivity contribution is 8.01. The Morgan fingerprint density at radius 2 is 1.79 bits per heavy atom. The monoisotopic (exact) mass is 685 g/mol. The number of hydrogen-bond acceptors (Lipinski definition) is 7. The summed E-state index contributed by atoms with van der Waals surface area (Å²) in [5.74, 6) is 0.00341. The van der Waals surface area contributed by atoms with E-state index in [-0.39, 0.29) is 43.6 Å². The number of carbonyl (C=O) groups is 2. The number of pyridine rings is 1. The number of nitrogens with one attached hydrogen (secondary N) is 1. The number of amides is 2. The number of aromatic nitrogens is 3. The Kier molecular flexibility index (Phi) is 9.97. The number of piperidine rings is 1. The lowest BCUT2D eigenvalue weighted by atomic mass is 9.92. The summed E-state index contributed by atoms with van der Waals surface area (Å²) in [6.07, 6.45) is 4.01. The average molecular weight is 686 g/mol. The largest absolute Gasteiger partial charge is 0.369 e. The van der Waals surface area contributed by atoms with E-state index in [1.54, 1.807) is 22.5 Å². The van der Waals surface area contributed by atoms with E-state index in [1.165, 1.54) is 0 Å². The smallest absolute Gasteiger partial charge is 0.327 e. The maximum Gasteiger partial charge on any atom is 0.327 e. The number of carbonyl (C=O) groups excluding carboxylic acids is 2. The number of imidazole rings is 1. The Bertz CT molecular complexity index is 1660. The number of halogens is 1. The zero-order valence-corrected chi connectivity index (χ0v) is 29.8. The summed E-state index contributed by atoms with van der Waals surface area (Å²) < 4.78 is 1.78. The number of thioether (sulfide) groups is 1. The number of fused-ring (bicyclic) bond motifs is 1. The van der Waals surface area contributed by atoms with Crippen molar-refractivity contribution < 1.29 is 12.4 Å². The van der Waals surface area contributed by atoms with Crippen LogP contribution < -0.4 is 10.6 Å². The standard InChI is InChI=1S/C35H48ClN7O3S.2H2/c1-23(2)39-18-20-40(21-19-39)26-9-6-8-25(36)30(26)33-42(17-13-35(3,4)5)32(45)28(47-33)22-29(44)41-15-11-24(12-16-41)43-27-10-7-14-37-31(27)38-34(43)46;;/h6-10,14,23-24,28,33H,11-13,15-22H2,1-5H3,(H,37,38,46);2*1H/t28-,33?;;/m0../s1. The van der Waals surface area contributed by atoms with Crippen molar-refractivity contribution in [2.75, 3.05) is 50.7 Å². The summed E-state index contributed by atoms with van der Waals surface area (Å²) in [5.41, 5.74) is 3.32. The van der Waals surface area contributed by atoms with Crippen LogP contribution >= 0.6 is 23.4 Å². The first kappa shape index (κ1) is 33.9. The Morgan fingerprint density at radius 3 is 2.47 bits per heavy atom. The molecule has 3 aromatic rings. The van der Waals surface area contributed by atoms with Crippen LogP contribution in [0, 0.1) is 5.41 Å². The Hall–Kier alpha value is -3.02. The van der Waals surface area contributed by atoms with Crippen LogP contribution in [-0.2, 0) is 9.59 Å². The third-order valence-electron chi connectivity index (χ3n) is 9.93. The molecule has 258 valence electrons. The van der Waals surface area contributed by atoms with E-state index in [0.29, 0.717) is 49.2 Å². The van der Waals surface area contributed by atoms with Gasteiger partial charge in [0.15, 0.2) is 5.65 Å². The van der Waals surface area contributed by atoms with Gasteiger partial charge < -0.3 is 14.7 Å². The van der Waals surface area contributed by atoms with Gasteiger partial charge in [-0.25, -0.2) is 9.78 Å². The molecule has 1 aromatic carbocycles. The third-order valence-corrected chi connectivity index (χ3v) is 11.7. The van der Waals surface area contributed by atoms with Crippen LogP contribution in [0.15, 0.2) is 41.3 Å². The molecule has 2 aromatic heterocycles. The number of nitrogens with zero attached hydrogens (tertiary/aromatic N) is 6. The van der Waals surface area contributed by atoms with Gasteiger partial charge in [-0.1, -0.05) is 38.4 Å². The van der Waals surface area contributed by atoms with Gasteiger partial charge in [0.1, 0.15) is 5.37 Å². The molecule has 3 aliphatic heterocycles. The Balaban J connectivity index is 0.00000270. The Morgan fingerprint density at radius 1 is 1.06 bits per heavy atom. The fourth-order valence-electron chi connectivity index (χ4n) is 7.14. The second kappa shape index (κ2) is 13.8. The van der Waals surface area contributed by atoms with E-state index in [2.05, 4.69) is 60.5 Å². The van der Waals surface area contributed by atoms with E-state index in [0.717, 1.165) is 49.4 Å². The van der Waals surface area contributed by atoms with E-state index in [9.17, 15) is 14.4 Å². The molecular formula is C35H52ClN7O3S. The van der Waals surface area contributed by atoms with E-state index < -0.39 is 5.25 Å². The summed E-state index contributed by atoms with van der Waals surface area (Å²) in [4.78, 5) is 56.5. The van der Waals surface area contributed by atoms with Crippen molar-refractivity contribution in [2.45, 2.75) is 83.0 Å². The number of piperazine rings is 1. The maximum absolute atomic E-state index is 14.1. The fourth-order valence-corrected chi connectivity index (χ4v) is 9.02. The molecule has 0 saturated carbocycles. The van der Waals surface area contributed by atoms with Crippen LogP contribution in [0.25, 0.3) is 11.2 Å². The van der Waals surface area contributed by atoms with Gasteiger partial charge in [0, 0.05) is 89.6 Å². The number of rotatable bonds is 8. The van der Waals surface area contributed by atoms with Crippen molar-refractivity contribution in [3.05, 3.63) is 57.6 Å². The molecule has 3 fully saturated rings. The highest BCUT2D eigenvalue weighted by Gasteiger charge is 2.45. The van der Waals surface area contributed by atoms with Gasteiger partial charge >= 0.3 is 5.69 Å². The molecule has 1 N–H and O–H groups in total. The molecule has 1 unspecified atom stereocenters. The molecule has 2 atom stereocenters. The van der Waals surface area contributed by atoms with Gasteiger partial charge in [-0.05, 0) is 62.8 Å². The molecule has 10 nitrogen and oxygen atoms in total. The van der Waals surface area contributed by atoms with Crippen molar-refractivity contribution >= 4 is 52.0 Å².